The van der Waals surface area contributed by atoms with E-state index in [4.69, 9.17) is 0 Å². The van der Waals surface area contributed by atoms with Crippen molar-refractivity contribution < 1.29 is 0 Å². The second-order valence-electron chi connectivity index (χ2n) is 6.42. The quantitative estimate of drug-likeness (QED) is 0.735. The lowest BCUT2D eigenvalue weighted by Gasteiger charge is -2.37. The Bertz CT molecular complexity index is 207. The third kappa shape index (κ3) is 4.59. The molecular formula is C15H32N2. The molecule has 1 saturated carbocycles. The van der Waals surface area contributed by atoms with E-state index in [1.54, 1.807) is 0 Å². The minimum Gasteiger partial charge on any atom is -0.314 e. The zero-order valence-corrected chi connectivity index (χ0v) is 12.6. The highest BCUT2D eigenvalue weighted by atomic mass is 15.1. The molecule has 0 aliphatic heterocycles. The lowest BCUT2D eigenvalue weighted by molar-refractivity contribution is 0.137. The Balaban J connectivity index is 2.52. The van der Waals surface area contributed by atoms with Gasteiger partial charge in [-0.25, -0.2) is 0 Å². The van der Waals surface area contributed by atoms with Gasteiger partial charge in [0.2, 0.25) is 0 Å². The van der Waals surface area contributed by atoms with E-state index < -0.39 is 0 Å². The normalized spacial score (nSPS) is 21.4. The van der Waals surface area contributed by atoms with Gasteiger partial charge in [-0.05, 0) is 38.6 Å². The molecule has 1 fully saturated rings. The predicted molar refractivity (Wildman–Crippen MR) is 76.4 cm³/mol. The molecule has 1 N–H and O–H groups in total. The predicted octanol–water partition coefficient (Wildman–Crippen LogP) is 3.28. The number of hydrogen-bond acceptors (Lipinski definition) is 2. The van der Waals surface area contributed by atoms with Gasteiger partial charge in [0.05, 0.1) is 0 Å². The van der Waals surface area contributed by atoms with Crippen molar-refractivity contribution in [3.63, 3.8) is 0 Å². The maximum absolute atomic E-state index is 3.66. The molecule has 0 saturated heterocycles. The van der Waals surface area contributed by atoms with Crippen molar-refractivity contribution in [3.05, 3.63) is 0 Å². The van der Waals surface area contributed by atoms with Gasteiger partial charge >= 0.3 is 0 Å². The Morgan fingerprint density at radius 3 is 2.24 bits per heavy atom. The lowest BCUT2D eigenvalue weighted by Crippen LogP contribution is -2.45. The van der Waals surface area contributed by atoms with Crippen LogP contribution in [0.3, 0.4) is 0 Å². The molecule has 17 heavy (non-hydrogen) atoms. The summed E-state index contributed by atoms with van der Waals surface area (Å²) in [5.41, 5.74) is 0.544. The highest BCUT2D eigenvalue weighted by Gasteiger charge is 2.35. The zero-order valence-electron chi connectivity index (χ0n) is 12.6. The molecule has 102 valence electrons. The molecule has 0 aromatic heterocycles. The van der Waals surface area contributed by atoms with Gasteiger partial charge in [-0.3, -0.25) is 0 Å². The molecule has 1 atom stereocenters. The van der Waals surface area contributed by atoms with E-state index in [1.165, 1.54) is 45.2 Å². The molecule has 0 radical (unpaired) electrons. The van der Waals surface area contributed by atoms with Crippen molar-refractivity contribution >= 4 is 0 Å². The molecule has 0 spiro atoms. The van der Waals surface area contributed by atoms with Crippen LogP contribution >= 0.6 is 0 Å². The van der Waals surface area contributed by atoms with Crippen molar-refractivity contribution in [2.45, 2.75) is 71.9 Å². The van der Waals surface area contributed by atoms with Crippen LogP contribution in [0.5, 0.6) is 0 Å². The van der Waals surface area contributed by atoms with Gasteiger partial charge in [-0.15, -0.1) is 0 Å². The first kappa shape index (κ1) is 15.0. The van der Waals surface area contributed by atoms with E-state index >= 15 is 0 Å². The average Bonchev–Trinajstić information content (AvgIpc) is 2.74. The first-order chi connectivity index (χ1) is 7.99. The summed E-state index contributed by atoms with van der Waals surface area (Å²) in [5.74, 6) is 0. The summed E-state index contributed by atoms with van der Waals surface area (Å²) in [5, 5.41) is 3.66. The summed E-state index contributed by atoms with van der Waals surface area (Å²) in [7, 11) is 2.30. The Kier molecular flexibility index (Phi) is 5.94. The largest absolute Gasteiger partial charge is 0.314 e. The number of nitrogens with zero attached hydrogens (tertiary/aromatic N) is 1. The topological polar surface area (TPSA) is 15.3 Å². The Hall–Kier alpha value is -0.0800. The third-order valence-electron chi connectivity index (χ3n) is 4.48. The molecule has 0 bridgehead atoms. The van der Waals surface area contributed by atoms with Crippen LogP contribution in [-0.4, -0.2) is 37.1 Å². The maximum atomic E-state index is 3.66. The number of rotatable bonds is 7. The van der Waals surface area contributed by atoms with Crippen LogP contribution in [0.15, 0.2) is 0 Å². The van der Waals surface area contributed by atoms with Crippen molar-refractivity contribution in [2.24, 2.45) is 5.41 Å². The summed E-state index contributed by atoms with van der Waals surface area (Å²) in [6.45, 7) is 11.6. The van der Waals surface area contributed by atoms with Crippen LogP contribution < -0.4 is 5.32 Å². The van der Waals surface area contributed by atoms with Crippen molar-refractivity contribution in [1.82, 2.24) is 10.2 Å². The first-order valence-corrected chi connectivity index (χ1v) is 7.43. The maximum Gasteiger partial charge on any atom is 0.00614 e. The third-order valence-corrected chi connectivity index (χ3v) is 4.48. The fourth-order valence-corrected chi connectivity index (χ4v) is 2.93. The molecule has 1 rings (SSSR count). The molecule has 1 aliphatic rings. The van der Waals surface area contributed by atoms with Crippen molar-refractivity contribution in [3.8, 4) is 0 Å². The molecule has 2 nitrogen and oxygen atoms in total. The average molecular weight is 240 g/mol. The standard InChI is InChI=1S/C15H32N2/c1-6-14(4)17(5)12-15(9-7-8-10-15)11-16-13(2)3/h13-14,16H,6-12H2,1-5H3. The second kappa shape index (κ2) is 6.75. The molecule has 2 heteroatoms. The van der Waals surface area contributed by atoms with Crippen LogP contribution in [0.25, 0.3) is 0 Å². The van der Waals surface area contributed by atoms with E-state index in [9.17, 15) is 0 Å². The van der Waals surface area contributed by atoms with Gasteiger partial charge in [-0.2, -0.15) is 0 Å². The highest BCUT2D eigenvalue weighted by molar-refractivity contribution is 4.90. The molecule has 0 aromatic rings. The highest BCUT2D eigenvalue weighted by Crippen LogP contribution is 2.38. The van der Waals surface area contributed by atoms with Crippen LogP contribution in [0, 0.1) is 5.41 Å². The van der Waals surface area contributed by atoms with Crippen LogP contribution in [0.2, 0.25) is 0 Å². The van der Waals surface area contributed by atoms with E-state index in [2.05, 4.69) is 45.0 Å². The fourth-order valence-electron chi connectivity index (χ4n) is 2.93. The SMILES string of the molecule is CCC(C)N(C)CC1(CNC(C)C)CCCC1. The van der Waals surface area contributed by atoms with Crippen LogP contribution in [0.1, 0.15) is 59.8 Å². The minimum atomic E-state index is 0.544. The summed E-state index contributed by atoms with van der Waals surface area (Å²) in [6, 6.07) is 1.33. The van der Waals surface area contributed by atoms with Gasteiger partial charge in [0, 0.05) is 25.2 Å². The lowest BCUT2D eigenvalue weighted by atomic mass is 9.85. The van der Waals surface area contributed by atoms with Crippen LogP contribution in [-0.2, 0) is 0 Å². The fraction of sp³-hybridized carbons (Fsp3) is 1.00. The molecule has 0 aromatic carbocycles. The molecule has 0 amide bonds. The summed E-state index contributed by atoms with van der Waals surface area (Å²) in [6.07, 6.45) is 6.92. The summed E-state index contributed by atoms with van der Waals surface area (Å²) < 4.78 is 0. The second-order valence-corrected chi connectivity index (χ2v) is 6.42. The van der Waals surface area contributed by atoms with E-state index in [0.717, 1.165) is 0 Å². The van der Waals surface area contributed by atoms with Gasteiger partial charge in [0.1, 0.15) is 0 Å². The monoisotopic (exact) mass is 240 g/mol. The first-order valence-electron chi connectivity index (χ1n) is 7.43. The van der Waals surface area contributed by atoms with E-state index in [-0.39, 0.29) is 0 Å². The molecule has 1 unspecified atom stereocenters. The summed E-state index contributed by atoms with van der Waals surface area (Å²) >= 11 is 0. The van der Waals surface area contributed by atoms with E-state index in [1.807, 2.05) is 0 Å². The van der Waals surface area contributed by atoms with Crippen LogP contribution in [0.4, 0.5) is 0 Å². The Labute approximate surface area is 108 Å². The van der Waals surface area contributed by atoms with Crippen molar-refractivity contribution in [1.29, 1.82) is 0 Å². The van der Waals surface area contributed by atoms with E-state index in [0.29, 0.717) is 17.5 Å². The Morgan fingerprint density at radius 1 is 1.18 bits per heavy atom. The number of nitrogens with one attached hydrogen (secondary N) is 1. The zero-order chi connectivity index (χ0) is 12.9. The van der Waals surface area contributed by atoms with Gasteiger partial charge in [0.15, 0.2) is 0 Å². The molecule has 1 aliphatic carbocycles. The van der Waals surface area contributed by atoms with Gasteiger partial charge < -0.3 is 10.2 Å². The van der Waals surface area contributed by atoms with Gasteiger partial charge in [-0.1, -0.05) is 33.6 Å². The Morgan fingerprint density at radius 2 is 1.76 bits per heavy atom. The molecular weight excluding hydrogens is 208 g/mol. The number of hydrogen-bond donors (Lipinski definition) is 1. The van der Waals surface area contributed by atoms with Gasteiger partial charge in [0.25, 0.3) is 0 Å². The molecule has 0 heterocycles. The smallest absolute Gasteiger partial charge is 0.00614 e. The van der Waals surface area contributed by atoms with Crippen molar-refractivity contribution in [2.75, 3.05) is 20.1 Å². The summed E-state index contributed by atoms with van der Waals surface area (Å²) in [4.78, 5) is 2.56. The minimum absolute atomic E-state index is 0.544.